The van der Waals surface area contributed by atoms with Gasteiger partial charge in [0.15, 0.2) is 23.0 Å². The lowest BCUT2D eigenvalue weighted by molar-refractivity contribution is 0.358. The van der Waals surface area contributed by atoms with Crippen LogP contribution in [0.1, 0.15) is 0 Å². The van der Waals surface area contributed by atoms with Crippen molar-refractivity contribution < 1.29 is 9.47 Å². The molecule has 0 fully saturated rings. The largest absolute Gasteiger partial charge is 0.448 e. The first-order chi connectivity index (χ1) is 8.58. The van der Waals surface area contributed by atoms with Crippen LogP contribution >= 0.6 is 50.7 Å². The molecular weight excluding hydrogens is 362 g/mol. The number of hydrogen-bond acceptors (Lipinski definition) is 2. The summed E-state index contributed by atoms with van der Waals surface area (Å²) >= 11 is 21.4. The maximum Gasteiger partial charge on any atom is 0.188 e. The number of hydrogen-bond donors (Lipinski definition) is 0. The van der Waals surface area contributed by atoms with Crippen molar-refractivity contribution in [3.63, 3.8) is 0 Å². The van der Waals surface area contributed by atoms with Crippen molar-refractivity contribution in [2.45, 2.75) is 0 Å². The van der Waals surface area contributed by atoms with Crippen molar-refractivity contribution >= 4 is 50.7 Å². The minimum absolute atomic E-state index is 0.376. The van der Waals surface area contributed by atoms with Gasteiger partial charge in [-0.05, 0) is 28.1 Å². The average molecular weight is 366 g/mol. The van der Waals surface area contributed by atoms with Crippen LogP contribution in [0.3, 0.4) is 0 Å². The van der Waals surface area contributed by atoms with E-state index >= 15 is 0 Å². The molecule has 0 amide bonds. The van der Waals surface area contributed by atoms with Crippen LogP contribution in [0.2, 0.25) is 15.1 Å². The number of fused-ring (bicyclic) bond motifs is 2. The zero-order valence-electron chi connectivity index (χ0n) is 8.64. The highest BCUT2D eigenvalue weighted by molar-refractivity contribution is 9.10. The predicted octanol–water partition coefficient (Wildman–Crippen LogP) is 6.31. The fourth-order valence-electron chi connectivity index (χ4n) is 1.62. The SMILES string of the molecule is Clc1cc2c(c(Br)c1Cl)Oc1cccc(Cl)c1O2. The molecule has 92 valence electrons. The third kappa shape index (κ3) is 1.86. The van der Waals surface area contributed by atoms with E-state index in [0.717, 1.165) is 0 Å². The molecule has 18 heavy (non-hydrogen) atoms. The number of para-hydroxylation sites is 1. The third-order valence-corrected chi connectivity index (χ3v) is 4.51. The van der Waals surface area contributed by atoms with E-state index in [0.29, 0.717) is 42.5 Å². The Morgan fingerprint density at radius 1 is 0.889 bits per heavy atom. The Kier molecular flexibility index (Phi) is 3.10. The van der Waals surface area contributed by atoms with Crippen molar-refractivity contribution in [2.75, 3.05) is 0 Å². The summed E-state index contributed by atoms with van der Waals surface area (Å²) in [4.78, 5) is 0. The molecule has 2 nitrogen and oxygen atoms in total. The van der Waals surface area contributed by atoms with Gasteiger partial charge >= 0.3 is 0 Å². The molecule has 0 aromatic heterocycles. The molecule has 1 aliphatic heterocycles. The van der Waals surface area contributed by atoms with Gasteiger partial charge in [0.05, 0.1) is 19.5 Å². The smallest absolute Gasteiger partial charge is 0.188 e. The quantitative estimate of drug-likeness (QED) is 0.434. The van der Waals surface area contributed by atoms with Gasteiger partial charge in [-0.25, -0.2) is 0 Å². The lowest BCUT2D eigenvalue weighted by atomic mass is 10.2. The molecule has 0 saturated heterocycles. The maximum atomic E-state index is 6.04. The Balaban J connectivity index is 2.20. The fraction of sp³-hybridized carbons (Fsp3) is 0. The van der Waals surface area contributed by atoms with Crippen LogP contribution in [-0.4, -0.2) is 0 Å². The van der Waals surface area contributed by atoms with Crippen molar-refractivity contribution in [3.8, 4) is 23.0 Å². The monoisotopic (exact) mass is 364 g/mol. The Labute approximate surface area is 126 Å². The van der Waals surface area contributed by atoms with Crippen molar-refractivity contribution in [2.24, 2.45) is 0 Å². The maximum absolute atomic E-state index is 6.04. The first kappa shape index (κ1) is 12.4. The molecule has 0 aliphatic carbocycles. The van der Waals surface area contributed by atoms with Gasteiger partial charge in [0, 0.05) is 6.07 Å². The summed E-state index contributed by atoms with van der Waals surface area (Å²) in [5, 5.41) is 1.23. The Bertz CT molecular complexity index is 658. The van der Waals surface area contributed by atoms with Crippen LogP contribution in [-0.2, 0) is 0 Å². The summed E-state index contributed by atoms with van der Waals surface area (Å²) in [6.07, 6.45) is 0. The van der Waals surface area contributed by atoms with E-state index in [2.05, 4.69) is 15.9 Å². The molecule has 0 saturated carbocycles. The Morgan fingerprint density at radius 3 is 2.39 bits per heavy atom. The molecule has 1 heterocycles. The summed E-state index contributed by atoms with van der Waals surface area (Å²) in [5.41, 5.74) is 0. The summed E-state index contributed by atoms with van der Waals surface area (Å²) in [6, 6.07) is 6.86. The van der Waals surface area contributed by atoms with Crippen LogP contribution < -0.4 is 9.47 Å². The van der Waals surface area contributed by atoms with Crippen LogP contribution in [0.4, 0.5) is 0 Å². The summed E-state index contributed by atoms with van der Waals surface area (Å²) in [6.45, 7) is 0. The highest BCUT2D eigenvalue weighted by atomic mass is 79.9. The Morgan fingerprint density at radius 2 is 1.61 bits per heavy atom. The van der Waals surface area contributed by atoms with Crippen molar-refractivity contribution in [3.05, 3.63) is 43.8 Å². The fourth-order valence-corrected chi connectivity index (χ4v) is 2.76. The van der Waals surface area contributed by atoms with E-state index in [4.69, 9.17) is 44.3 Å². The van der Waals surface area contributed by atoms with E-state index in [1.807, 2.05) is 0 Å². The van der Waals surface area contributed by atoms with Gasteiger partial charge in [-0.1, -0.05) is 40.9 Å². The number of benzene rings is 2. The van der Waals surface area contributed by atoms with E-state index in [-0.39, 0.29) is 0 Å². The molecule has 2 aromatic carbocycles. The molecule has 0 atom stereocenters. The van der Waals surface area contributed by atoms with Crippen LogP contribution in [0.25, 0.3) is 0 Å². The number of rotatable bonds is 0. The van der Waals surface area contributed by atoms with E-state index in [1.54, 1.807) is 24.3 Å². The molecule has 6 heteroatoms. The second-order valence-corrected chi connectivity index (χ2v) is 5.57. The molecule has 1 aliphatic rings. The molecule has 0 unspecified atom stereocenters. The van der Waals surface area contributed by atoms with Crippen LogP contribution in [0.15, 0.2) is 28.7 Å². The minimum atomic E-state index is 0.376. The lowest BCUT2D eigenvalue weighted by Crippen LogP contribution is -2.00. The summed E-state index contributed by atoms with van der Waals surface area (Å²) < 4.78 is 12.0. The predicted molar refractivity (Wildman–Crippen MR) is 75.8 cm³/mol. The normalized spacial score (nSPS) is 12.2. The number of ether oxygens (including phenoxy) is 2. The third-order valence-electron chi connectivity index (χ3n) is 2.44. The summed E-state index contributed by atoms with van der Waals surface area (Å²) in [5.74, 6) is 1.96. The second-order valence-electron chi connectivity index (χ2n) is 3.58. The minimum Gasteiger partial charge on any atom is -0.448 e. The topological polar surface area (TPSA) is 18.5 Å². The van der Waals surface area contributed by atoms with E-state index in [1.165, 1.54) is 0 Å². The molecule has 0 bridgehead atoms. The van der Waals surface area contributed by atoms with Gasteiger partial charge in [0.1, 0.15) is 0 Å². The zero-order chi connectivity index (χ0) is 12.9. The molecule has 2 aromatic rings. The molecule has 0 N–H and O–H groups in total. The Hall–Kier alpha value is -0.610. The van der Waals surface area contributed by atoms with Gasteiger partial charge in [0.25, 0.3) is 0 Å². The van der Waals surface area contributed by atoms with Crippen LogP contribution in [0, 0.1) is 0 Å². The second kappa shape index (κ2) is 4.49. The van der Waals surface area contributed by atoms with Gasteiger partial charge in [-0.3, -0.25) is 0 Å². The van der Waals surface area contributed by atoms with Gasteiger partial charge in [-0.15, -0.1) is 0 Å². The number of halogens is 4. The first-order valence-electron chi connectivity index (χ1n) is 4.89. The van der Waals surface area contributed by atoms with E-state index in [9.17, 15) is 0 Å². The zero-order valence-corrected chi connectivity index (χ0v) is 12.5. The summed E-state index contributed by atoms with van der Waals surface area (Å²) in [7, 11) is 0. The van der Waals surface area contributed by atoms with Crippen LogP contribution in [0.5, 0.6) is 23.0 Å². The highest BCUT2D eigenvalue weighted by Crippen LogP contribution is 2.54. The van der Waals surface area contributed by atoms with Gasteiger partial charge in [0.2, 0.25) is 0 Å². The molecule has 0 radical (unpaired) electrons. The van der Waals surface area contributed by atoms with Gasteiger partial charge in [-0.2, -0.15) is 0 Å². The van der Waals surface area contributed by atoms with E-state index < -0.39 is 0 Å². The lowest BCUT2D eigenvalue weighted by Gasteiger charge is -2.22. The molecule has 0 spiro atoms. The van der Waals surface area contributed by atoms with Gasteiger partial charge < -0.3 is 9.47 Å². The standard InChI is InChI=1S/C12H4BrCl3O2/c13-9-10(16)6(15)4-8-12(9)17-7-3-1-2-5(14)11(7)18-8/h1-4H. The van der Waals surface area contributed by atoms with Crippen molar-refractivity contribution in [1.82, 2.24) is 0 Å². The first-order valence-corrected chi connectivity index (χ1v) is 6.82. The highest BCUT2D eigenvalue weighted by Gasteiger charge is 2.25. The molecular formula is C12H4BrCl3O2. The average Bonchev–Trinajstić information content (AvgIpc) is 2.36. The molecule has 3 rings (SSSR count). The van der Waals surface area contributed by atoms with Crippen molar-refractivity contribution in [1.29, 1.82) is 0 Å².